The number of hydrogen-bond acceptors (Lipinski definition) is 2. The van der Waals surface area contributed by atoms with Crippen molar-refractivity contribution in [3.63, 3.8) is 0 Å². The molecule has 0 unspecified atom stereocenters. The van der Waals surface area contributed by atoms with Gasteiger partial charge in [0.15, 0.2) is 5.11 Å². The molecule has 1 N–H and O–H groups in total. The van der Waals surface area contributed by atoms with Gasteiger partial charge in [-0.15, -0.1) is 0 Å². The van der Waals surface area contributed by atoms with Crippen LogP contribution in [-0.4, -0.2) is 17.6 Å². The summed E-state index contributed by atoms with van der Waals surface area (Å²) in [7, 11) is 0. The highest BCUT2D eigenvalue weighted by molar-refractivity contribution is 7.80. The van der Waals surface area contributed by atoms with Gasteiger partial charge in [0.25, 0.3) is 0 Å². The van der Waals surface area contributed by atoms with Crippen LogP contribution in [0, 0.1) is 0 Å². The van der Waals surface area contributed by atoms with Crippen LogP contribution in [0.3, 0.4) is 0 Å². The molecule has 0 aromatic heterocycles. The number of halogens is 1. The van der Waals surface area contributed by atoms with E-state index in [0.29, 0.717) is 16.8 Å². The molecule has 1 heterocycles. The van der Waals surface area contributed by atoms with Crippen molar-refractivity contribution >= 4 is 40.5 Å². The van der Waals surface area contributed by atoms with Gasteiger partial charge in [0, 0.05) is 16.3 Å². The first-order valence-corrected chi connectivity index (χ1v) is 6.96. The molecule has 20 heavy (non-hydrogen) atoms. The second-order valence-corrected chi connectivity index (χ2v) is 5.17. The molecule has 3 rings (SSSR count). The molecule has 2 aromatic rings. The van der Waals surface area contributed by atoms with E-state index in [0.717, 1.165) is 17.1 Å². The highest BCUT2D eigenvalue weighted by Crippen LogP contribution is 2.19. The fourth-order valence-electron chi connectivity index (χ4n) is 1.99. The first-order valence-electron chi connectivity index (χ1n) is 6.18. The zero-order valence-corrected chi connectivity index (χ0v) is 12.2. The molecule has 0 saturated carbocycles. The summed E-state index contributed by atoms with van der Waals surface area (Å²) in [5.41, 5.74) is 2.01. The summed E-state index contributed by atoms with van der Waals surface area (Å²) in [6.45, 7) is 0.498. The number of hydrogen-bond donors (Lipinski definition) is 1. The highest BCUT2D eigenvalue weighted by atomic mass is 35.5. The van der Waals surface area contributed by atoms with Crippen LogP contribution in [0.5, 0.6) is 0 Å². The lowest BCUT2D eigenvalue weighted by Gasteiger charge is -2.29. The zero-order valence-electron chi connectivity index (χ0n) is 10.6. The normalized spacial score (nSPS) is 14.8. The second-order valence-electron chi connectivity index (χ2n) is 4.35. The van der Waals surface area contributed by atoms with E-state index >= 15 is 0 Å². The van der Waals surface area contributed by atoms with Gasteiger partial charge in [-0.1, -0.05) is 41.9 Å². The average Bonchev–Trinajstić information content (AvgIpc) is 2.49. The Morgan fingerprint density at radius 1 is 1.05 bits per heavy atom. The van der Waals surface area contributed by atoms with Gasteiger partial charge in [-0.2, -0.15) is 0 Å². The Hall–Kier alpha value is -1.91. The maximum Gasteiger partial charge on any atom is 0.180 e. The van der Waals surface area contributed by atoms with E-state index in [4.69, 9.17) is 23.8 Å². The van der Waals surface area contributed by atoms with Gasteiger partial charge in [-0.3, -0.25) is 4.90 Å². The maximum absolute atomic E-state index is 5.90. The predicted octanol–water partition coefficient (Wildman–Crippen LogP) is 3.44. The molecule has 0 amide bonds. The lowest BCUT2D eigenvalue weighted by molar-refractivity contribution is 0.957. The van der Waals surface area contributed by atoms with Gasteiger partial charge in [0.05, 0.1) is 0 Å². The summed E-state index contributed by atoms with van der Waals surface area (Å²) in [4.78, 5) is 6.47. The monoisotopic (exact) mass is 301 g/mol. The van der Waals surface area contributed by atoms with Crippen LogP contribution in [0.4, 0.5) is 5.69 Å². The van der Waals surface area contributed by atoms with Gasteiger partial charge in [0.2, 0.25) is 0 Å². The summed E-state index contributed by atoms with van der Waals surface area (Å²) >= 11 is 11.3. The third-order valence-corrected chi connectivity index (χ3v) is 3.60. The Morgan fingerprint density at radius 2 is 1.75 bits per heavy atom. The third kappa shape index (κ3) is 2.66. The van der Waals surface area contributed by atoms with Crippen LogP contribution in [0.2, 0.25) is 5.02 Å². The van der Waals surface area contributed by atoms with E-state index in [9.17, 15) is 0 Å². The fraction of sp³-hybridized carbons (Fsp3) is 0.0667. The van der Waals surface area contributed by atoms with E-state index in [2.05, 4.69) is 10.3 Å². The van der Waals surface area contributed by atoms with Crippen molar-refractivity contribution in [1.82, 2.24) is 5.32 Å². The van der Waals surface area contributed by atoms with Crippen LogP contribution in [-0.2, 0) is 0 Å². The Labute approximate surface area is 127 Å². The van der Waals surface area contributed by atoms with Crippen molar-refractivity contribution in [2.45, 2.75) is 0 Å². The smallest absolute Gasteiger partial charge is 0.180 e. The zero-order chi connectivity index (χ0) is 13.9. The fourth-order valence-corrected chi connectivity index (χ4v) is 2.38. The molecule has 0 bridgehead atoms. The predicted molar refractivity (Wildman–Crippen MR) is 87.5 cm³/mol. The molecular weight excluding hydrogens is 290 g/mol. The van der Waals surface area contributed by atoms with E-state index in [-0.39, 0.29) is 0 Å². The first kappa shape index (κ1) is 13.1. The molecule has 0 radical (unpaired) electrons. The van der Waals surface area contributed by atoms with E-state index in [1.807, 2.05) is 59.5 Å². The number of aliphatic imine (C=N–C) groups is 1. The number of thiocarbonyl (C=S) groups is 1. The van der Waals surface area contributed by atoms with Crippen LogP contribution in [0.25, 0.3) is 0 Å². The summed E-state index contributed by atoms with van der Waals surface area (Å²) in [5, 5.41) is 4.52. The summed E-state index contributed by atoms with van der Waals surface area (Å²) in [6, 6.07) is 17.5. The Balaban J connectivity index is 1.84. The van der Waals surface area contributed by atoms with Crippen molar-refractivity contribution < 1.29 is 0 Å². The topological polar surface area (TPSA) is 27.6 Å². The minimum atomic E-state index is 0.498. The molecule has 3 nitrogen and oxygen atoms in total. The standard InChI is InChI=1S/C15H12ClN3S/c16-12-6-8-13(9-7-12)19-10-17-14(18-15(19)20)11-4-2-1-3-5-11/h1-9H,10H2,(H,17,18,20). The molecule has 0 aliphatic carbocycles. The number of rotatable bonds is 2. The number of amidine groups is 1. The lowest BCUT2D eigenvalue weighted by atomic mass is 10.2. The van der Waals surface area contributed by atoms with Gasteiger partial charge in [0.1, 0.15) is 12.5 Å². The van der Waals surface area contributed by atoms with Crippen molar-refractivity contribution in [2.75, 3.05) is 11.6 Å². The van der Waals surface area contributed by atoms with Crippen molar-refractivity contribution in [1.29, 1.82) is 0 Å². The lowest BCUT2D eigenvalue weighted by Crippen LogP contribution is -2.47. The molecule has 0 atom stereocenters. The molecule has 0 saturated heterocycles. The minimum absolute atomic E-state index is 0.498. The number of nitrogens with zero attached hydrogens (tertiary/aromatic N) is 2. The largest absolute Gasteiger partial charge is 0.317 e. The first-order chi connectivity index (χ1) is 9.74. The molecule has 1 aliphatic rings. The molecule has 5 heteroatoms. The quantitative estimate of drug-likeness (QED) is 0.861. The molecular formula is C15H12ClN3S. The van der Waals surface area contributed by atoms with Crippen molar-refractivity contribution in [2.24, 2.45) is 4.99 Å². The summed E-state index contributed by atoms with van der Waals surface area (Å²) in [6.07, 6.45) is 0. The average molecular weight is 302 g/mol. The third-order valence-electron chi connectivity index (χ3n) is 3.03. The summed E-state index contributed by atoms with van der Waals surface area (Å²) in [5.74, 6) is 0.806. The molecule has 0 fully saturated rings. The number of anilines is 1. The SMILES string of the molecule is S=C1NC(c2ccccc2)=NCN1c1ccc(Cl)cc1. The van der Waals surface area contributed by atoms with E-state index in [1.54, 1.807) is 0 Å². The summed E-state index contributed by atoms with van der Waals surface area (Å²) < 4.78 is 0. The Morgan fingerprint density at radius 3 is 2.40 bits per heavy atom. The molecule has 0 spiro atoms. The van der Waals surface area contributed by atoms with Crippen LogP contribution in [0.1, 0.15) is 5.56 Å². The molecule has 1 aliphatic heterocycles. The second kappa shape index (κ2) is 5.61. The minimum Gasteiger partial charge on any atom is -0.317 e. The van der Waals surface area contributed by atoms with Crippen LogP contribution < -0.4 is 10.2 Å². The van der Waals surface area contributed by atoms with Gasteiger partial charge < -0.3 is 5.32 Å². The Kier molecular flexibility index (Phi) is 3.67. The number of nitrogens with one attached hydrogen (secondary N) is 1. The Bertz CT molecular complexity index is 653. The van der Waals surface area contributed by atoms with Gasteiger partial charge >= 0.3 is 0 Å². The van der Waals surface area contributed by atoms with Gasteiger partial charge in [-0.25, -0.2) is 4.99 Å². The van der Waals surface area contributed by atoms with Crippen molar-refractivity contribution in [3.05, 3.63) is 65.2 Å². The van der Waals surface area contributed by atoms with Crippen LogP contribution >= 0.6 is 23.8 Å². The molecule has 100 valence electrons. The van der Waals surface area contributed by atoms with E-state index < -0.39 is 0 Å². The van der Waals surface area contributed by atoms with Gasteiger partial charge in [-0.05, 0) is 36.5 Å². The van der Waals surface area contributed by atoms with E-state index in [1.165, 1.54) is 0 Å². The highest BCUT2D eigenvalue weighted by Gasteiger charge is 2.18. The number of benzene rings is 2. The maximum atomic E-state index is 5.90. The van der Waals surface area contributed by atoms with Crippen molar-refractivity contribution in [3.8, 4) is 0 Å². The molecule has 2 aromatic carbocycles. The van der Waals surface area contributed by atoms with Crippen LogP contribution in [0.15, 0.2) is 59.6 Å².